The average molecular weight is 533 g/mol. The van der Waals surface area contributed by atoms with Gasteiger partial charge in [-0.25, -0.2) is 9.59 Å². The zero-order valence-corrected chi connectivity index (χ0v) is 22.9. The molecule has 9 heteroatoms. The third kappa shape index (κ3) is 11.3. The van der Waals surface area contributed by atoms with Crippen LogP contribution in [-0.4, -0.2) is 73.0 Å². The number of nitrogens with zero attached hydrogens (tertiary/aromatic N) is 1. The maximum Gasteiger partial charge on any atom is 0.333 e. The second-order valence-electron chi connectivity index (χ2n) is 8.42. The van der Waals surface area contributed by atoms with Crippen LogP contribution in [0.1, 0.15) is 38.7 Å². The summed E-state index contributed by atoms with van der Waals surface area (Å²) in [6.45, 7) is 5.66. The molecule has 8 nitrogen and oxygen atoms in total. The standard InChI is InChI=1S/C28H40N2O6S/c1-4-6-9-19-37-20-17-30(28(33)29-24-10-7-8-11-25(24)34-3)16-18-36-23-14-12-22(13-15-23)21-26(27(31)32)35-5-2/h7-8,10-15,26H,4-6,9,16-21H2,1-3H3,(H,29,33)(H,31,32). The molecule has 0 aliphatic rings. The molecule has 204 valence electrons. The second-order valence-corrected chi connectivity index (χ2v) is 9.64. The topological polar surface area (TPSA) is 97.3 Å². The Balaban J connectivity index is 1.92. The number of ether oxygens (including phenoxy) is 3. The van der Waals surface area contributed by atoms with Crippen molar-refractivity contribution >= 4 is 29.4 Å². The van der Waals surface area contributed by atoms with Gasteiger partial charge in [0.2, 0.25) is 0 Å². The molecule has 1 unspecified atom stereocenters. The van der Waals surface area contributed by atoms with E-state index < -0.39 is 12.1 Å². The van der Waals surface area contributed by atoms with E-state index >= 15 is 0 Å². The molecule has 0 aromatic heterocycles. The van der Waals surface area contributed by atoms with E-state index in [4.69, 9.17) is 14.2 Å². The van der Waals surface area contributed by atoms with Gasteiger partial charge in [0.05, 0.1) is 19.3 Å². The molecule has 0 heterocycles. The van der Waals surface area contributed by atoms with Crippen molar-refractivity contribution in [1.29, 1.82) is 0 Å². The first-order valence-corrected chi connectivity index (χ1v) is 14.0. The molecule has 2 rings (SSSR count). The number of carbonyl (C=O) groups excluding carboxylic acids is 1. The van der Waals surface area contributed by atoms with E-state index in [1.54, 1.807) is 18.9 Å². The van der Waals surface area contributed by atoms with Crippen molar-refractivity contribution in [2.24, 2.45) is 0 Å². The van der Waals surface area contributed by atoms with Crippen LogP contribution >= 0.6 is 11.8 Å². The third-order valence-electron chi connectivity index (χ3n) is 5.65. The van der Waals surface area contributed by atoms with Crippen LogP contribution in [0.5, 0.6) is 11.5 Å². The molecule has 0 fully saturated rings. The van der Waals surface area contributed by atoms with Crippen LogP contribution in [0.2, 0.25) is 0 Å². The molecule has 0 aliphatic carbocycles. The van der Waals surface area contributed by atoms with Crippen molar-refractivity contribution in [3.63, 3.8) is 0 Å². The minimum Gasteiger partial charge on any atom is -0.495 e. The summed E-state index contributed by atoms with van der Waals surface area (Å²) in [6.07, 6.45) is 3.02. The number of urea groups is 1. The zero-order valence-electron chi connectivity index (χ0n) is 22.1. The number of carboxylic acid groups (broad SMARTS) is 1. The number of aliphatic carboxylic acids is 1. The summed E-state index contributed by atoms with van der Waals surface area (Å²) in [6, 6.07) is 14.4. The molecule has 0 radical (unpaired) electrons. The minimum atomic E-state index is -0.975. The van der Waals surface area contributed by atoms with Gasteiger partial charge in [0, 0.05) is 25.3 Å². The van der Waals surface area contributed by atoms with Crippen molar-refractivity contribution in [3.8, 4) is 11.5 Å². The van der Waals surface area contributed by atoms with Crippen LogP contribution in [-0.2, 0) is 16.0 Å². The van der Waals surface area contributed by atoms with Crippen LogP contribution in [0.3, 0.4) is 0 Å². The van der Waals surface area contributed by atoms with E-state index in [9.17, 15) is 14.7 Å². The summed E-state index contributed by atoms with van der Waals surface area (Å²) in [5.74, 6) is 2.23. The lowest BCUT2D eigenvalue weighted by molar-refractivity contribution is -0.149. The Bertz CT molecular complexity index is 941. The number of rotatable bonds is 18. The lowest BCUT2D eigenvalue weighted by atomic mass is 10.1. The highest BCUT2D eigenvalue weighted by Crippen LogP contribution is 2.23. The number of carbonyl (C=O) groups is 2. The normalized spacial score (nSPS) is 11.5. The zero-order chi connectivity index (χ0) is 26.9. The molecule has 1 atom stereocenters. The summed E-state index contributed by atoms with van der Waals surface area (Å²) in [7, 11) is 1.58. The predicted octanol–water partition coefficient (Wildman–Crippen LogP) is 5.56. The number of benzene rings is 2. The van der Waals surface area contributed by atoms with Crippen LogP contribution in [0.15, 0.2) is 48.5 Å². The van der Waals surface area contributed by atoms with Gasteiger partial charge in [-0.2, -0.15) is 11.8 Å². The maximum atomic E-state index is 13.1. The number of para-hydroxylation sites is 2. The van der Waals surface area contributed by atoms with E-state index in [0.717, 1.165) is 17.1 Å². The number of amides is 2. The highest BCUT2D eigenvalue weighted by molar-refractivity contribution is 7.99. The fourth-order valence-electron chi connectivity index (χ4n) is 3.62. The fraction of sp³-hybridized carbons (Fsp3) is 0.500. The van der Waals surface area contributed by atoms with Crippen molar-refractivity contribution in [1.82, 2.24) is 4.90 Å². The van der Waals surface area contributed by atoms with Crippen molar-refractivity contribution < 1.29 is 28.9 Å². The van der Waals surface area contributed by atoms with Gasteiger partial charge in [0.1, 0.15) is 18.1 Å². The summed E-state index contributed by atoms with van der Waals surface area (Å²) < 4.78 is 16.5. The number of methoxy groups -OCH3 is 1. The molecule has 0 aliphatic heterocycles. The monoisotopic (exact) mass is 532 g/mol. The van der Waals surface area contributed by atoms with Crippen LogP contribution in [0.4, 0.5) is 10.5 Å². The first kappa shape index (κ1) is 30.3. The lowest BCUT2D eigenvalue weighted by Gasteiger charge is -2.24. The molecule has 2 aromatic carbocycles. The molecule has 0 saturated carbocycles. The number of hydrogen-bond acceptors (Lipinski definition) is 6. The number of anilines is 1. The molecule has 0 saturated heterocycles. The fourth-order valence-corrected chi connectivity index (χ4v) is 4.58. The van der Waals surface area contributed by atoms with Crippen molar-refractivity contribution in [2.75, 3.05) is 50.2 Å². The maximum absolute atomic E-state index is 13.1. The van der Waals surface area contributed by atoms with Gasteiger partial charge in [0.15, 0.2) is 6.10 Å². The van der Waals surface area contributed by atoms with Gasteiger partial charge < -0.3 is 29.5 Å². The Morgan fingerprint density at radius 3 is 2.46 bits per heavy atom. The molecule has 2 aromatic rings. The smallest absolute Gasteiger partial charge is 0.333 e. The molecule has 0 bridgehead atoms. The molecular weight excluding hydrogens is 492 g/mol. The number of unbranched alkanes of at least 4 members (excludes halogenated alkanes) is 2. The number of carboxylic acids is 1. The Labute approximate surface area is 224 Å². The minimum absolute atomic E-state index is 0.201. The summed E-state index contributed by atoms with van der Waals surface area (Å²) in [5, 5.41) is 12.2. The first-order chi connectivity index (χ1) is 18.0. The van der Waals surface area contributed by atoms with Gasteiger partial charge in [0.25, 0.3) is 0 Å². The Hall–Kier alpha value is -2.91. The Morgan fingerprint density at radius 2 is 1.78 bits per heavy atom. The predicted molar refractivity (Wildman–Crippen MR) is 149 cm³/mol. The van der Waals surface area contributed by atoms with Gasteiger partial charge in [-0.1, -0.05) is 44.0 Å². The summed E-state index contributed by atoms with van der Waals surface area (Å²) in [5.41, 5.74) is 1.48. The van der Waals surface area contributed by atoms with Gasteiger partial charge in [-0.05, 0) is 48.9 Å². The molecule has 0 spiro atoms. The van der Waals surface area contributed by atoms with Crippen molar-refractivity contribution in [3.05, 3.63) is 54.1 Å². The highest BCUT2D eigenvalue weighted by atomic mass is 32.2. The summed E-state index contributed by atoms with van der Waals surface area (Å²) in [4.78, 5) is 26.2. The largest absolute Gasteiger partial charge is 0.495 e. The van der Waals surface area contributed by atoms with Crippen molar-refractivity contribution in [2.45, 2.75) is 45.6 Å². The molecule has 37 heavy (non-hydrogen) atoms. The second kappa shape index (κ2) is 17.5. The lowest BCUT2D eigenvalue weighted by Crippen LogP contribution is -2.39. The van der Waals surface area contributed by atoms with Crippen LogP contribution < -0.4 is 14.8 Å². The van der Waals surface area contributed by atoms with Crippen LogP contribution in [0.25, 0.3) is 0 Å². The van der Waals surface area contributed by atoms with E-state index in [0.29, 0.717) is 43.5 Å². The molecular formula is C28H40N2O6S. The number of hydrogen-bond donors (Lipinski definition) is 2. The Kier molecular flexibility index (Phi) is 14.4. The quantitative estimate of drug-likeness (QED) is 0.243. The van der Waals surface area contributed by atoms with E-state index in [1.165, 1.54) is 19.3 Å². The number of nitrogens with one attached hydrogen (secondary N) is 1. The highest BCUT2D eigenvalue weighted by Gasteiger charge is 2.18. The van der Waals surface area contributed by atoms with E-state index in [-0.39, 0.29) is 12.5 Å². The van der Waals surface area contributed by atoms with E-state index in [1.807, 2.05) is 60.3 Å². The Morgan fingerprint density at radius 1 is 1.03 bits per heavy atom. The third-order valence-corrected chi connectivity index (χ3v) is 6.70. The van der Waals surface area contributed by atoms with Gasteiger partial charge in [-0.15, -0.1) is 0 Å². The summed E-state index contributed by atoms with van der Waals surface area (Å²) >= 11 is 1.86. The molecule has 2 amide bonds. The van der Waals surface area contributed by atoms with Gasteiger partial charge >= 0.3 is 12.0 Å². The average Bonchev–Trinajstić information content (AvgIpc) is 2.90. The molecule has 2 N–H and O–H groups in total. The number of thioether (sulfide) groups is 1. The van der Waals surface area contributed by atoms with Crippen LogP contribution in [0, 0.1) is 0 Å². The van der Waals surface area contributed by atoms with Gasteiger partial charge in [-0.3, -0.25) is 0 Å². The van der Waals surface area contributed by atoms with E-state index in [2.05, 4.69) is 12.2 Å². The SMILES string of the molecule is CCCCCSCCN(CCOc1ccc(CC(OCC)C(=O)O)cc1)C(=O)Nc1ccccc1OC. The first-order valence-electron chi connectivity index (χ1n) is 12.8.